The first-order valence-electron chi connectivity index (χ1n) is 8.96. The zero-order valence-corrected chi connectivity index (χ0v) is 15.1. The minimum Gasteiger partial charge on any atom is -0.494 e. The largest absolute Gasteiger partial charge is 0.494 e. The second-order valence-electron chi connectivity index (χ2n) is 6.59. The molecular formula is C20H22N4O2. The third kappa shape index (κ3) is 2.92. The number of hydrogen-bond donors (Lipinski definition) is 0. The number of aryl methyl sites for hydroxylation is 1. The van der Waals surface area contributed by atoms with Crippen LogP contribution in [0.3, 0.4) is 0 Å². The summed E-state index contributed by atoms with van der Waals surface area (Å²) >= 11 is 0. The first kappa shape index (κ1) is 16.6. The van der Waals surface area contributed by atoms with Crippen molar-refractivity contribution >= 4 is 16.9 Å². The predicted molar refractivity (Wildman–Crippen MR) is 99.4 cm³/mol. The maximum absolute atomic E-state index is 12.8. The minimum atomic E-state index is 0.0657. The molecule has 3 heterocycles. The Morgan fingerprint density at radius 2 is 2.08 bits per heavy atom. The molecule has 6 nitrogen and oxygen atoms in total. The zero-order valence-electron chi connectivity index (χ0n) is 15.1. The summed E-state index contributed by atoms with van der Waals surface area (Å²) in [5.74, 6) is 2.13. The van der Waals surface area contributed by atoms with Crippen LogP contribution in [0.25, 0.3) is 11.0 Å². The van der Waals surface area contributed by atoms with E-state index in [-0.39, 0.29) is 11.8 Å². The molecule has 1 amide bonds. The Bertz CT molecular complexity index is 933. The lowest BCUT2D eigenvalue weighted by Gasteiger charge is -2.17. The average molecular weight is 350 g/mol. The first-order chi connectivity index (χ1) is 12.7. The topological polar surface area (TPSA) is 60.2 Å². The van der Waals surface area contributed by atoms with E-state index in [9.17, 15) is 4.79 Å². The van der Waals surface area contributed by atoms with Crippen LogP contribution in [0.1, 0.15) is 35.4 Å². The summed E-state index contributed by atoms with van der Waals surface area (Å²) < 4.78 is 7.54. The first-order valence-corrected chi connectivity index (χ1v) is 8.96. The van der Waals surface area contributed by atoms with Gasteiger partial charge in [0, 0.05) is 37.8 Å². The molecule has 1 aliphatic heterocycles. The van der Waals surface area contributed by atoms with Gasteiger partial charge in [0.05, 0.1) is 23.8 Å². The molecule has 1 saturated heterocycles. The van der Waals surface area contributed by atoms with Crippen LogP contribution in [0.15, 0.2) is 42.7 Å². The number of nitrogens with zero attached hydrogens (tertiary/aromatic N) is 4. The molecule has 0 saturated carbocycles. The number of rotatable bonds is 4. The normalized spacial score (nSPS) is 17.0. The summed E-state index contributed by atoms with van der Waals surface area (Å²) in [6.07, 6.45) is 4.52. The van der Waals surface area contributed by atoms with Gasteiger partial charge in [-0.1, -0.05) is 0 Å². The fourth-order valence-corrected chi connectivity index (χ4v) is 3.62. The Morgan fingerprint density at radius 1 is 1.27 bits per heavy atom. The van der Waals surface area contributed by atoms with Crippen LogP contribution in [-0.2, 0) is 7.05 Å². The van der Waals surface area contributed by atoms with Gasteiger partial charge in [-0.25, -0.2) is 4.98 Å². The van der Waals surface area contributed by atoms with Crippen molar-refractivity contribution in [2.75, 3.05) is 19.7 Å². The summed E-state index contributed by atoms with van der Waals surface area (Å²) in [6.45, 7) is 4.00. The van der Waals surface area contributed by atoms with Crippen LogP contribution in [0.5, 0.6) is 5.75 Å². The monoisotopic (exact) mass is 350 g/mol. The molecule has 0 bridgehead atoms. The number of aromatic nitrogens is 3. The molecule has 0 radical (unpaired) electrons. The van der Waals surface area contributed by atoms with Crippen LogP contribution in [0, 0.1) is 0 Å². The zero-order chi connectivity index (χ0) is 18.1. The smallest absolute Gasteiger partial charge is 0.253 e. The van der Waals surface area contributed by atoms with Crippen molar-refractivity contribution in [3.63, 3.8) is 0 Å². The lowest BCUT2D eigenvalue weighted by molar-refractivity contribution is 0.0790. The highest BCUT2D eigenvalue weighted by molar-refractivity contribution is 5.94. The highest BCUT2D eigenvalue weighted by Crippen LogP contribution is 2.29. The van der Waals surface area contributed by atoms with Crippen LogP contribution in [0.2, 0.25) is 0 Å². The molecule has 1 atom stereocenters. The molecule has 0 spiro atoms. The predicted octanol–water partition coefficient (Wildman–Crippen LogP) is 3.00. The van der Waals surface area contributed by atoms with Gasteiger partial charge in [-0.2, -0.15) is 0 Å². The molecule has 26 heavy (non-hydrogen) atoms. The molecule has 6 heteroatoms. The Balaban J connectivity index is 1.50. The standard InChI is InChI=1S/C20H22N4O2/c1-3-26-16-6-4-14(5-7-16)20(25)24-11-9-15(13-24)19-22-17-8-10-21-12-18(17)23(19)2/h4-8,10,12,15H,3,9,11,13H2,1-2H3/t15-/m0/s1. The molecule has 0 aliphatic carbocycles. The van der Waals surface area contributed by atoms with Crippen LogP contribution in [0.4, 0.5) is 0 Å². The third-order valence-corrected chi connectivity index (χ3v) is 4.97. The molecular weight excluding hydrogens is 328 g/mol. The van der Waals surface area contributed by atoms with Gasteiger partial charge in [-0.3, -0.25) is 9.78 Å². The summed E-state index contributed by atoms with van der Waals surface area (Å²) in [5, 5.41) is 0. The number of benzene rings is 1. The number of pyridine rings is 1. The SMILES string of the molecule is CCOc1ccc(C(=O)N2CC[C@H](c3nc4ccncc4n3C)C2)cc1. The second-order valence-corrected chi connectivity index (χ2v) is 6.59. The fraction of sp³-hybridized carbons (Fsp3) is 0.350. The van der Waals surface area contributed by atoms with E-state index in [0.717, 1.165) is 35.6 Å². The molecule has 0 unspecified atom stereocenters. The molecule has 2 aromatic heterocycles. The maximum Gasteiger partial charge on any atom is 0.253 e. The van der Waals surface area contributed by atoms with Crippen molar-refractivity contribution in [3.8, 4) is 5.75 Å². The van der Waals surface area contributed by atoms with Crippen LogP contribution >= 0.6 is 0 Å². The number of imidazole rings is 1. The minimum absolute atomic E-state index is 0.0657. The molecule has 134 valence electrons. The van der Waals surface area contributed by atoms with Crippen molar-refractivity contribution in [1.82, 2.24) is 19.4 Å². The van der Waals surface area contributed by atoms with E-state index >= 15 is 0 Å². The van der Waals surface area contributed by atoms with Gasteiger partial charge in [0.25, 0.3) is 5.91 Å². The van der Waals surface area contributed by atoms with E-state index < -0.39 is 0 Å². The fourth-order valence-electron chi connectivity index (χ4n) is 3.62. The highest BCUT2D eigenvalue weighted by atomic mass is 16.5. The molecule has 0 N–H and O–H groups in total. The molecule has 1 aromatic carbocycles. The second kappa shape index (κ2) is 6.78. The Morgan fingerprint density at radius 3 is 2.81 bits per heavy atom. The van der Waals surface area contributed by atoms with Gasteiger partial charge in [0.15, 0.2) is 0 Å². The van der Waals surface area contributed by atoms with Crippen molar-refractivity contribution < 1.29 is 9.53 Å². The van der Waals surface area contributed by atoms with Gasteiger partial charge < -0.3 is 14.2 Å². The average Bonchev–Trinajstić information content (AvgIpc) is 3.27. The van der Waals surface area contributed by atoms with E-state index in [2.05, 4.69) is 9.55 Å². The summed E-state index contributed by atoms with van der Waals surface area (Å²) in [4.78, 5) is 23.7. The van der Waals surface area contributed by atoms with E-state index in [1.807, 2.05) is 55.4 Å². The molecule has 4 rings (SSSR count). The van der Waals surface area contributed by atoms with Crippen molar-refractivity contribution in [2.24, 2.45) is 7.05 Å². The van der Waals surface area contributed by atoms with Gasteiger partial charge in [0.2, 0.25) is 0 Å². The van der Waals surface area contributed by atoms with Gasteiger partial charge in [-0.05, 0) is 43.7 Å². The number of carbonyl (C=O) groups is 1. The van der Waals surface area contributed by atoms with Crippen molar-refractivity contribution in [2.45, 2.75) is 19.3 Å². The van der Waals surface area contributed by atoms with Gasteiger partial charge in [-0.15, -0.1) is 0 Å². The molecule has 1 aliphatic rings. The number of carbonyl (C=O) groups excluding carboxylic acids is 1. The van der Waals surface area contributed by atoms with Gasteiger partial charge >= 0.3 is 0 Å². The van der Waals surface area contributed by atoms with Crippen LogP contribution < -0.4 is 4.74 Å². The number of likely N-dealkylation sites (tertiary alicyclic amines) is 1. The Labute approximate surface area is 152 Å². The van der Waals surface area contributed by atoms with E-state index in [0.29, 0.717) is 18.7 Å². The maximum atomic E-state index is 12.8. The highest BCUT2D eigenvalue weighted by Gasteiger charge is 2.30. The Kier molecular flexibility index (Phi) is 4.32. The number of amides is 1. The van der Waals surface area contributed by atoms with E-state index in [4.69, 9.17) is 9.72 Å². The third-order valence-electron chi connectivity index (χ3n) is 4.97. The molecule has 1 fully saturated rings. The summed E-state index contributed by atoms with van der Waals surface area (Å²) in [7, 11) is 2.02. The number of fused-ring (bicyclic) bond motifs is 1. The van der Waals surface area contributed by atoms with E-state index in [1.54, 1.807) is 6.20 Å². The van der Waals surface area contributed by atoms with Crippen molar-refractivity contribution in [1.29, 1.82) is 0 Å². The lowest BCUT2D eigenvalue weighted by Crippen LogP contribution is -2.28. The van der Waals surface area contributed by atoms with Crippen LogP contribution in [-0.4, -0.2) is 45.0 Å². The number of hydrogen-bond acceptors (Lipinski definition) is 4. The van der Waals surface area contributed by atoms with E-state index in [1.165, 1.54) is 0 Å². The lowest BCUT2D eigenvalue weighted by atomic mass is 10.1. The summed E-state index contributed by atoms with van der Waals surface area (Å²) in [5.41, 5.74) is 2.68. The van der Waals surface area contributed by atoms with Gasteiger partial charge in [0.1, 0.15) is 11.6 Å². The summed E-state index contributed by atoms with van der Waals surface area (Å²) in [6, 6.07) is 9.30. The van der Waals surface area contributed by atoms with Crippen molar-refractivity contribution in [3.05, 3.63) is 54.1 Å². The Hall–Kier alpha value is -2.89. The number of ether oxygens (including phenoxy) is 1. The quantitative estimate of drug-likeness (QED) is 0.726. The molecule has 3 aromatic rings.